The summed E-state index contributed by atoms with van der Waals surface area (Å²) < 4.78 is 44.3. The van der Waals surface area contributed by atoms with Crippen molar-refractivity contribution in [2.24, 2.45) is 0 Å². The van der Waals surface area contributed by atoms with E-state index in [1.807, 2.05) is 0 Å². The topological polar surface area (TPSA) is 29.5 Å². The Balaban J connectivity index is 2.22. The number of thiophene rings is 1. The molecule has 0 N–H and O–H groups in total. The van der Waals surface area contributed by atoms with Gasteiger partial charge in [-0.1, -0.05) is 0 Å². The molecule has 1 amide bonds. The predicted molar refractivity (Wildman–Crippen MR) is 77.7 cm³/mol. The molecule has 1 aliphatic heterocycles. The van der Waals surface area contributed by atoms with Crippen molar-refractivity contribution in [1.29, 1.82) is 0 Å². The Bertz CT molecular complexity index is 493. The molecule has 2 heterocycles. The number of halogens is 4. The van der Waals surface area contributed by atoms with E-state index in [2.05, 4.69) is 15.9 Å². The molecule has 0 bridgehead atoms. The normalized spacial score (nSPS) is 19.6. The molecule has 1 aliphatic rings. The average molecular weight is 386 g/mol. The Morgan fingerprint density at radius 2 is 2.29 bits per heavy atom. The number of rotatable bonds is 3. The number of hydrogen-bond acceptors (Lipinski definition) is 3. The molecule has 2 rings (SSSR count). The molecule has 118 valence electrons. The number of carbonyl (C=O) groups excluding carboxylic acids is 1. The molecule has 8 heteroatoms. The number of alkyl halides is 3. The van der Waals surface area contributed by atoms with Gasteiger partial charge < -0.3 is 9.64 Å². The zero-order chi connectivity index (χ0) is 15.6. The summed E-state index contributed by atoms with van der Waals surface area (Å²) >= 11 is 4.45. The summed E-state index contributed by atoms with van der Waals surface area (Å²) in [5, 5.41) is 0. The first kappa shape index (κ1) is 16.8. The quantitative estimate of drug-likeness (QED) is 0.786. The van der Waals surface area contributed by atoms with Crippen molar-refractivity contribution in [2.45, 2.75) is 32.0 Å². The highest BCUT2D eigenvalue weighted by molar-refractivity contribution is 9.11. The third-order valence-electron chi connectivity index (χ3n) is 3.26. The van der Waals surface area contributed by atoms with Gasteiger partial charge in [0.2, 0.25) is 0 Å². The van der Waals surface area contributed by atoms with E-state index in [1.165, 1.54) is 0 Å². The minimum absolute atomic E-state index is 0.160. The fraction of sp³-hybridized carbons (Fsp3) is 0.615. The first-order valence-corrected chi connectivity index (χ1v) is 8.10. The molecule has 0 spiro atoms. The Morgan fingerprint density at radius 1 is 1.57 bits per heavy atom. The van der Waals surface area contributed by atoms with Crippen molar-refractivity contribution in [2.75, 3.05) is 19.8 Å². The molecule has 3 nitrogen and oxygen atoms in total. The van der Waals surface area contributed by atoms with Gasteiger partial charge in [0.1, 0.15) is 6.54 Å². The van der Waals surface area contributed by atoms with E-state index in [0.717, 1.165) is 25.6 Å². The van der Waals surface area contributed by atoms with Gasteiger partial charge in [-0.25, -0.2) is 0 Å². The highest BCUT2D eigenvalue weighted by Crippen LogP contribution is 2.30. The van der Waals surface area contributed by atoms with Gasteiger partial charge >= 0.3 is 6.18 Å². The van der Waals surface area contributed by atoms with Crippen LogP contribution in [-0.2, 0) is 4.74 Å². The summed E-state index contributed by atoms with van der Waals surface area (Å²) in [5.41, 5.74) is 0.843. The minimum Gasteiger partial charge on any atom is -0.379 e. The maximum Gasteiger partial charge on any atom is 0.406 e. The van der Waals surface area contributed by atoms with Crippen LogP contribution in [0.15, 0.2) is 9.85 Å². The molecule has 0 radical (unpaired) electrons. The van der Waals surface area contributed by atoms with Crippen LogP contribution in [0, 0.1) is 6.92 Å². The maximum atomic E-state index is 12.8. The maximum absolute atomic E-state index is 12.8. The van der Waals surface area contributed by atoms with Crippen LogP contribution in [0.1, 0.15) is 28.1 Å². The molecule has 1 fully saturated rings. The number of carbonyl (C=O) groups is 1. The fourth-order valence-electron chi connectivity index (χ4n) is 2.24. The van der Waals surface area contributed by atoms with E-state index in [1.54, 1.807) is 13.0 Å². The minimum atomic E-state index is -4.42. The molecular weight excluding hydrogens is 371 g/mol. The van der Waals surface area contributed by atoms with Gasteiger partial charge in [0, 0.05) is 6.61 Å². The van der Waals surface area contributed by atoms with Crippen LogP contribution in [0.25, 0.3) is 0 Å². The van der Waals surface area contributed by atoms with Crippen LogP contribution in [-0.4, -0.2) is 42.8 Å². The highest BCUT2D eigenvalue weighted by atomic mass is 79.9. The molecule has 0 aliphatic carbocycles. The van der Waals surface area contributed by atoms with Gasteiger partial charge in [-0.2, -0.15) is 13.2 Å². The molecule has 0 saturated carbocycles. The van der Waals surface area contributed by atoms with E-state index in [4.69, 9.17) is 4.74 Å². The average Bonchev–Trinajstić information content (AvgIpc) is 2.75. The number of aryl methyl sites for hydroxylation is 1. The molecule has 1 unspecified atom stereocenters. The molecular formula is C13H15BrF3NO2S. The molecule has 1 saturated heterocycles. The number of ether oxygens (including phenoxy) is 1. The van der Waals surface area contributed by atoms with Crippen LogP contribution in [0.3, 0.4) is 0 Å². The lowest BCUT2D eigenvalue weighted by molar-refractivity contribution is -0.148. The standard InChI is InChI=1S/C13H15BrF3NO2S/c1-8-5-10(21-11(8)14)12(19)18(7-13(15,16)17)9-3-2-4-20-6-9/h5,9H,2-4,6-7H2,1H3. The van der Waals surface area contributed by atoms with E-state index in [0.29, 0.717) is 24.3 Å². The first-order chi connectivity index (χ1) is 9.78. The van der Waals surface area contributed by atoms with Crippen LogP contribution in [0.4, 0.5) is 13.2 Å². The monoisotopic (exact) mass is 385 g/mol. The summed E-state index contributed by atoms with van der Waals surface area (Å²) in [6.45, 7) is 1.26. The Kier molecular flexibility index (Phi) is 5.32. The lowest BCUT2D eigenvalue weighted by Crippen LogP contribution is -2.48. The second kappa shape index (κ2) is 6.66. The summed E-state index contributed by atoms with van der Waals surface area (Å²) in [6, 6.07) is 1.10. The molecule has 0 aromatic carbocycles. The van der Waals surface area contributed by atoms with Crippen LogP contribution in [0.5, 0.6) is 0 Å². The van der Waals surface area contributed by atoms with Gasteiger partial charge in [0.15, 0.2) is 0 Å². The van der Waals surface area contributed by atoms with E-state index in [9.17, 15) is 18.0 Å². The second-order valence-electron chi connectivity index (χ2n) is 4.99. The van der Waals surface area contributed by atoms with Crippen LogP contribution in [0.2, 0.25) is 0 Å². The third kappa shape index (κ3) is 4.43. The van der Waals surface area contributed by atoms with Gasteiger partial charge in [-0.05, 0) is 47.3 Å². The van der Waals surface area contributed by atoms with Crippen LogP contribution >= 0.6 is 27.3 Å². The van der Waals surface area contributed by atoms with Gasteiger partial charge in [0.05, 0.1) is 21.3 Å². The second-order valence-corrected chi connectivity index (χ2v) is 7.36. The van der Waals surface area contributed by atoms with Crippen LogP contribution < -0.4 is 0 Å². The van der Waals surface area contributed by atoms with Gasteiger partial charge in [0.25, 0.3) is 5.91 Å². The summed E-state index contributed by atoms with van der Waals surface area (Å²) in [5.74, 6) is -0.582. The Labute approximate surface area is 133 Å². The largest absolute Gasteiger partial charge is 0.406 e. The van der Waals surface area contributed by atoms with Crippen molar-refractivity contribution in [3.63, 3.8) is 0 Å². The number of nitrogens with zero attached hydrogens (tertiary/aromatic N) is 1. The predicted octanol–water partition coefficient (Wildman–Crippen LogP) is 4.00. The van der Waals surface area contributed by atoms with Crippen molar-refractivity contribution in [3.05, 3.63) is 20.3 Å². The van der Waals surface area contributed by atoms with Crippen molar-refractivity contribution < 1.29 is 22.7 Å². The van der Waals surface area contributed by atoms with E-state index in [-0.39, 0.29) is 6.61 Å². The smallest absolute Gasteiger partial charge is 0.379 e. The molecule has 21 heavy (non-hydrogen) atoms. The fourth-order valence-corrected chi connectivity index (χ4v) is 3.73. The SMILES string of the molecule is Cc1cc(C(=O)N(CC(F)(F)F)C2CCCOC2)sc1Br. The number of hydrogen-bond donors (Lipinski definition) is 0. The first-order valence-electron chi connectivity index (χ1n) is 6.49. The summed E-state index contributed by atoms with van der Waals surface area (Å²) in [4.78, 5) is 13.7. The zero-order valence-electron chi connectivity index (χ0n) is 11.4. The summed E-state index contributed by atoms with van der Waals surface area (Å²) in [7, 11) is 0. The molecule has 1 atom stereocenters. The van der Waals surface area contributed by atoms with Crippen molar-refractivity contribution >= 4 is 33.2 Å². The zero-order valence-corrected chi connectivity index (χ0v) is 13.8. The lowest BCUT2D eigenvalue weighted by atomic mass is 10.1. The third-order valence-corrected chi connectivity index (χ3v) is 5.38. The van der Waals surface area contributed by atoms with Gasteiger partial charge in [-0.15, -0.1) is 11.3 Å². The Hall–Kier alpha value is -0.600. The van der Waals surface area contributed by atoms with E-state index < -0.39 is 24.7 Å². The van der Waals surface area contributed by atoms with E-state index >= 15 is 0 Å². The van der Waals surface area contributed by atoms with Crippen molar-refractivity contribution in [3.8, 4) is 0 Å². The molecule has 1 aromatic heterocycles. The summed E-state index contributed by atoms with van der Waals surface area (Å²) in [6.07, 6.45) is -3.22. The number of amides is 1. The van der Waals surface area contributed by atoms with Crippen molar-refractivity contribution in [1.82, 2.24) is 4.90 Å². The lowest BCUT2D eigenvalue weighted by Gasteiger charge is -2.34. The molecule has 1 aromatic rings. The Morgan fingerprint density at radius 3 is 2.76 bits per heavy atom. The highest BCUT2D eigenvalue weighted by Gasteiger charge is 2.38. The van der Waals surface area contributed by atoms with Gasteiger partial charge in [-0.3, -0.25) is 4.79 Å².